The number of anilines is 2. The molecule has 0 unspecified atom stereocenters. The standard InChI is InChI=1S/C15H20N4O/c1-11-10-13(16)5-6-14(11)18-15(20)4-3-8-19-9-7-17-12(19)2/h5-7,9-10H,3-4,8,16H2,1-2H3,(H,18,20). The lowest BCUT2D eigenvalue weighted by atomic mass is 10.1. The Morgan fingerprint density at radius 3 is 2.85 bits per heavy atom. The Morgan fingerprint density at radius 1 is 1.40 bits per heavy atom. The third kappa shape index (κ3) is 3.60. The maximum absolute atomic E-state index is 11.9. The summed E-state index contributed by atoms with van der Waals surface area (Å²) >= 11 is 0. The fourth-order valence-corrected chi connectivity index (χ4v) is 2.09. The predicted molar refractivity (Wildman–Crippen MR) is 80.4 cm³/mol. The smallest absolute Gasteiger partial charge is 0.224 e. The number of benzene rings is 1. The van der Waals surface area contributed by atoms with Crippen LogP contribution >= 0.6 is 0 Å². The molecule has 1 heterocycles. The lowest BCUT2D eigenvalue weighted by molar-refractivity contribution is -0.116. The van der Waals surface area contributed by atoms with Crippen molar-refractivity contribution >= 4 is 17.3 Å². The summed E-state index contributed by atoms with van der Waals surface area (Å²) in [6.45, 7) is 4.69. The molecule has 0 fully saturated rings. The molecule has 3 N–H and O–H groups in total. The van der Waals surface area contributed by atoms with E-state index in [4.69, 9.17) is 5.73 Å². The quantitative estimate of drug-likeness (QED) is 0.821. The Balaban J connectivity index is 1.82. The average Bonchev–Trinajstić information content (AvgIpc) is 2.79. The Morgan fingerprint density at radius 2 is 2.20 bits per heavy atom. The van der Waals surface area contributed by atoms with Gasteiger partial charge in [-0.2, -0.15) is 0 Å². The summed E-state index contributed by atoms with van der Waals surface area (Å²) in [5, 5.41) is 2.91. The first kappa shape index (κ1) is 14.1. The molecule has 1 aromatic heterocycles. The van der Waals surface area contributed by atoms with Crippen LogP contribution in [0.2, 0.25) is 0 Å². The molecule has 0 saturated heterocycles. The maximum Gasteiger partial charge on any atom is 0.224 e. The zero-order valence-corrected chi connectivity index (χ0v) is 11.9. The molecule has 0 bridgehead atoms. The van der Waals surface area contributed by atoms with Gasteiger partial charge < -0.3 is 15.6 Å². The van der Waals surface area contributed by atoms with Gasteiger partial charge >= 0.3 is 0 Å². The molecule has 0 aliphatic carbocycles. The molecule has 2 aromatic rings. The predicted octanol–water partition coefficient (Wildman–Crippen LogP) is 2.50. The second-order valence-electron chi connectivity index (χ2n) is 4.89. The van der Waals surface area contributed by atoms with Crippen molar-refractivity contribution < 1.29 is 4.79 Å². The van der Waals surface area contributed by atoms with Gasteiger partial charge in [0.05, 0.1) is 0 Å². The minimum Gasteiger partial charge on any atom is -0.399 e. The fourth-order valence-electron chi connectivity index (χ4n) is 2.09. The van der Waals surface area contributed by atoms with Crippen molar-refractivity contribution in [1.29, 1.82) is 0 Å². The van der Waals surface area contributed by atoms with E-state index in [0.717, 1.165) is 30.0 Å². The highest BCUT2D eigenvalue weighted by molar-refractivity contribution is 5.91. The fraction of sp³-hybridized carbons (Fsp3) is 0.333. The van der Waals surface area contributed by atoms with Crippen LogP contribution in [0.25, 0.3) is 0 Å². The van der Waals surface area contributed by atoms with Gasteiger partial charge in [0.15, 0.2) is 0 Å². The van der Waals surface area contributed by atoms with Gasteiger partial charge in [0.25, 0.3) is 0 Å². The van der Waals surface area contributed by atoms with Crippen LogP contribution in [-0.4, -0.2) is 15.5 Å². The lowest BCUT2D eigenvalue weighted by Gasteiger charge is -2.09. The van der Waals surface area contributed by atoms with E-state index in [2.05, 4.69) is 10.3 Å². The molecule has 0 aliphatic heterocycles. The van der Waals surface area contributed by atoms with Crippen LogP contribution < -0.4 is 11.1 Å². The number of imidazole rings is 1. The van der Waals surface area contributed by atoms with Gasteiger partial charge in [-0.05, 0) is 44.0 Å². The van der Waals surface area contributed by atoms with E-state index < -0.39 is 0 Å². The number of nitrogens with zero attached hydrogens (tertiary/aromatic N) is 2. The molecule has 1 amide bonds. The van der Waals surface area contributed by atoms with Crippen molar-refractivity contribution in [3.05, 3.63) is 42.0 Å². The number of nitrogens with two attached hydrogens (primary N) is 1. The number of nitrogens with one attached hydrogen (secondary N) is 1. The molecular weight excluding hydrogens is 252 g/mol. The summed E-state index contributed by atoms with van der Waals surface area (Å²) in [5.41, 5.74) is 8.19. The van der Waals surface area contributed by atoms with Crippen LogP contribution in [0.1, 0.15) is 24.2 Å². The van der Waals surface area contributed by atoms with E-state index in [1.807, 2.05) is 36.7 Å². The topological polar surface area (TPSA) is 72.9 Å². The molecule has 5 heteroatoms. The first-order valence-electron chi connectivity index (χ1n) is 6.70. The summed E-state index contributed by atoms with van der Waals surface area (Å²) in [6, 6.07) is 5.48. The molecule has 0 aliphatic rings. The van der Waals surface area contributed by atoms with E-state index in [-0.39, 0.29) is 5.91 Å². The van der Waals surface area contributed by atoms with E-state index in [1.54, 1.807) is 12.3 Å². The molecule has 20 heavy (non-hydrogen) atoms. The van der Waals surface area contributed by atoms with Crippen LogP contribution in [0.3, 0.4) is 0 Å². The van der Waals surface area contributed by atoms with Crippen molar-refractivity contribution in [3.63, 3.8) is 0 Å². The van der Waals surface area contributed by atoms with E-state index in [1.165, 1.54) is 0 Å². The van der Waals surface area contributed by atoms with E-state index in [0.29, 0.717) is 12.1 Å². The number of aryl methyl sites for hydroxylation is 3. The highest BCUT2D eigenvalue weighted by Gasteiger charge is 2.05. The number of rotatable bonds is 5. The van der Waals surface area contributed by atoms with E-state index >= 15 is 0 Å². The highest BCUT2D eigenvalue weighted by Crippen LogP contribution is 2.17. The minimum atomic E-state index is 0.0237. The van der Waals surface area contributed by atoms with Crippen molar-refractivity contribution in [2.24, 2.45) is 0 Å². The summed E-state index contributed by atoms with van der Waals surface area (Å²) in [4.78, 5) is 16.0. The van der Waals surface area contributed by atoms with E-state index in [9.17, 15) is 4.79 Å². The van der Waals surface area contributed by atoms with Crippen molar-refractivity contribution in [3.8, 4) is 0 Å². The third-order valence-electron chi connectivity index (χ3n) is 3.25. The summed E-state index contributed by atoms with van der Waals surface area (Å²) in [5.74, 6) is 0.996. The van der Waals surface area contributed by atoms with Crippen LogP contribution in [0.15, 0.2) is 30.6 Å². The zero-order chi connectivity index (χ0) is 14.5. The van der Waals surface area contributed by atoms with Crippen molar-refractivity contribution in [2.45, 2.75) is 33.2 Å². The van der Waals surface area contributed by atoms with Crippen LogP contribution in [0, 0.1) is 13.8 Å². The van der Waals surface area contributed by atoms with Gasteiger partial charge in [-0.3, -0.25) is 4.79 Å². The van der Waals surface area contributed by atoms with Crippen LogP contribution in [0.4, 0.5) is 11.4 Å². The van der Waals surface area contributed by atoms with Gasteiger partial charge in [-0.1, -0.05) is 0 Å². The monoisotopic (exact) mass is 272 g/mol. The number of nitrogen functional groups attached to an aromatic ring is 1. The molecule has 0 spiro atoms. The Bertz CT molecular complexity index is 604. The third-order valence-corrected chi connectivity index (χ3v) is 3.25. The van der Waals surface area contributed by atoms with Gasteiger partial charge in [-0.15, -0.1) is 0 Å². The SMILES string of the molecule is Cc1cc(N)ccc1NC(=O)CCCn1ccnc1C. The lowest BCUT2D eigenvalue weighted by Crippen LogP contribution is -2.13. The number of hydrogen-bond acceptors (Lipinski definition) is 3. The van der Waals surface area contributed by atoms with Gasteiger partial charge in [0, 0.05) is 36.7 Å². The second kappa shape index (κ2) is 6.23. The first-order chi connectivity index (χ1) is 9.56. The van der Waals surface area contributed by atoms with Gasteiger partial charge in [0.2, 0.25) is 5.91 Å². The second-order valence-corrected chi connectivity index (χ2v) is 4.89. The Hall–Kier alpha value is -2.30. The highest BCUT2D eigenvalue weighted by atomic mass is 16.1. The van der Waals surface area contributed by atoms with Crippen LogP contribution in [0.5, 0.6) is 0 Å². The summed E-state index contributed by atoms with van der Waals surface area (Å²) < 4.78 is 2.04. The largest absolute Gasteiger partial charge is 0.399 e. The van der Waals surface area contributed by atoms with Crippen molar-refractivity contribution in [2.75, 3.05) is 11.1 Å². The first-order valence-corrected chi connectivity index (χ1v) is 6.70. The number of amides is 1. The maximum atomic E-state index is 11.9. The molecule has 2 rings (SSSR count). The van der Waals surface area contributed by atoms with Gasteiger partial charge in [-0.25, -0.2) is 4.98 Å². The minimum absolute atomic E-state index is 0.0237. The summed E-state index contributed by atoms with van der Waals surface area (Å²) in [7, 11) is 0. The molecule has 0 atom stereocenters. The Labute approximate surface area is 118 Å². The zero-order valence-electron chi connectivity index (χ0n) is 11.9. The number of carbonyl (C=O) groups is 1. The summed E-state index contributed by atoms with van der Waals surface area (Å²) in [6.07, 6.45) is 4.98. The van der Waals surface area contributed by atoms with Crippen molar-refractivity contribution in [1.82, 2.24) is 9.55 Å². The normalized spacial score (nSPS) is 10.5. The molecule has 106 valence electrons. The average molecular weight is 272 g/mol. The van der Waals surface area contributed by atoms with Crippen LogP contribution in [-0.2, 0) is 11.3 Å². The number of aromatic nitrogens is 2. The number of carbonyl (C=O) groups excluding carboxylic acids is 1. The molecule has 5 nitrogen and oxygen atoms in total. The Kier molecular flexibility index (Phi) is 4.40. The molecule has 1 aromatic carbocycles. The number of hydrogen-bond donors (Lipinski definition) is 2. The molecular formula is C15H20N4O. The van der Waals surface area contributed by atoms with Gasteiger partial charge in [0.1, 0.15) is 5.82 Å². The molecule has 0 saturated carbocycles. The molecule has 0 radical (unpaired) electrons.